The van der Waals surface area contributed by atoms with Gasteiger partial charge in [0, 0.05) is 59.5 Å². The van der Waals surface area contributed by atoms with Crippen LogP contribution in [0.4, 0.5) is 17.1 Å². The molecule has 0 unspecified atom stereocenters. The second-order valence-corrected chi connectivity index (χ2v) is 15.9. The summed E-state index contributed by atoms with van der Waals surface area (Å²) < 4.78 is 15.5. The fourth-order valence-corrected chi connectivity index (χ4v) is 9.97. The fourth-order valence-electron chi connectivity index (χ4n) is 8.77. The number of nitrogens with zero attached hydrogens (tertiary/aromatic N) is 1. The highest BCUT2D eigenvalue weighted by molar-refractivity contribution is 7.26. The highest BCUT2D eigenvalue weighted by Crippen LogP contribution is 2.46. The monoisotopic (exact) mass is 759 g/mol. The van der Waals surface area contributed by atoms with E-state index < -0.39 is 0 Å². The Kier molecular flexibility index (Phi) is 7.40. The van der Waals surface area contributed by atoms with Gasteiger partial charge in [-0.2, -0.15) is 0 Å². The minimum atomic E-state index is 0.899. The molecule has 4 heteroatoms. The second-order valence-electron chi connectivity index (χ2n) is 14.8. The Balaban J connectivity index is 0.988. The van der Waals surface area contributed by atoms with Crippen molar-refractivity contribution in [3.63, 3.8) is 0 Å². The summed E-state index contributed by atoms with van der Waals surface area (Å²) in [5, 5.41) is 7.07. The molecular weight excluding hydrogens is 727 g/mol. The smallest absolute Gasteiger partial charge is 0.143 e. The molecule has 3 nitrogen and oxygen atoms in total. The lowest BCUT2D eigenvalue weighted by Crippen LogP contribution is -2.10. The van der Waals surface area contributed by atoms with Gasteiger partial charge in [0.25, 0.3) is 0 Å². The standard InChI is InChI=1S/C54H33NO2S/c1-4-25-49-42(16-1)45-21-9-19-40(52(45)56-49)36-13-7-12-35(32-36)34-28-30-38(31-29-34)55(48-24-11-23-47-44-18-3-6-27-51(44)58-54(47)48)39-15-8-14-37(33-39)41-20-10-22-46-43-17-2-5-26-50(43)57-53(41)46/h1-33H. The highest BCUT2D eigenvalue weighted by Gasteiger charge is 2.20. The average Bonchev–Trinajstić information content (AvgIpc) is 3.99. The van der Waals surface area contributed by atoms with E-state index in [2.05, 4.69) is 181 Å². The first-order chi connectivity index (χ1) is 28.7. The third-order valence-corrected chi connectivity index (χ3v) is 12.7. The molecule has 0 spiro atoms. The van der Waals surface area contributed by atoms with E-state index in [1.54, 1.807) is 0 Å². The molecule has 0 bridgehead atoms. The number of benzene rings is 9. The molecule has 0 saturated carbocycles. The molecule has 12 aromatic rings. The molecule has 12 rings (SSSR count). The molecule has 3 aromatic heterocycles. The van der Waals surface area contributed by atoms with Crippen LogP contribution in [0.2, 0.25) is 0 Å². The van der Waals surface area contributed by atoms with E-state index in [9.17, 15) is 0 Å². The van der Waals surface area contributed by atoms with Crippen molar-refractivity contribution >= 4 is 92.4 Å². The van der Waals surface area contributed by atoms with Gasteiger partial charge in [0.15, 0.2) is 0 Å². The first-order valence-electron chi connectivity index (χ1n) is 19.6. The molecular formula is C54H33NO2S. The van der Waals surface area contributed by atoms with Crippen LogP contribution in [0.15, 0.2) is 209 Å². The summed E-state index contributed by atoms with van der Waals surface area (Å²) in [7, 11) is 0. The zero-order valence-electron chi connectivity index (χ0n) is 31.2. The molecule has 9 aromatic carbocycles. The van der Waals surface area contributed by atoms with Crippen molar-refractivity contribution < 1.29 is 8.83 Å². The van der Waals surface area contributed by atoms with Crippen LogP contribution in [0.5, 0.6) is 0 Å². The van der Waals surface area contributed by atoms with Crippen molar-refractivity contribution in [2.24, 2.45) is 0 Å². The fraction of sp³-hybridized carbons (Fsp3) is 0. The van der Waals surface area contributed by atoms with Crippen molar-refractivity contribution in [2.45, 2.75) is 0 Å². The molecule has 0 saturated heterocycles. The summed E-state index contributed by atoms with van der Waals surface area (Å²) in [5.41, 5.74) is 13.6. The molecule has 0 atom stereocenters. The first kappa shape index (κ1) is 32.8. The molecule has 272 valence electrons. The van der Waals surface area contributed by atoms with Crippen LogP contribution >= 0.6 is 11.3 Å². The zero-order chi connectivity index (χ0) is 38.2. The largest absolute Gasteiger partial charge is 0.455 e. The van der Waals surface area contributed by atoms with Crippen LogP contribution < -0.4 is 4.90 Å². The van der Waals surface area contributed by atoms with E-state index in [1.807, 2.05) is 35.6 Å². The van der Waals surface area contributed by atoms with Gasteiger partial charge in [-0.25, -0.2) is 0 Å². The van der Waals surface area contributed by atoms with Gasteiger partial charge >= 0.3 is 0 Å². The molecule has 0 aliphatic heterocycles. The van der Waals surface area contributed by atoms with Gasteiger partial charge in [0.1, 0.15) is 22.3 Å². The summed E-state index contributed by atoms with van der Waals surface area (Å²) in [4.78, 5) is 2.41. The number of furan rings is 2. The average molecular weight is 760 g/mol. The number of rotatable bonds is 6. The van der Waals surface area contributed by atoms with Crippen molar-refractivity contribution in [3.8, 4) is 33.4 Å². The molecule has 0 radical (unpaired) electrons. The number of anilines is 3. The van der Waals surface area contributed by atoms with Crippen molar-refractivity contribution in [2.75, 3.05) is 4.90 Å². The predicted molar refractivity (Wildman–Crippen MR) is 245 cm³/mol. The minimum absolute atomic E-state index is 0.899. The van der Waals surface area contributed by atoms with Crippen molar-refractivity contribution in [1.82, 2.24) is 0 Å². The minimum Gasteiger partial charge on any atom is -0.455 e. The second kappa shape index (κ2) is 13.1. The molecule has 0 N–H and O–H groups in total. The van der Waals surface area contributed by atoms with Gasteiger partial charge in [-0.3, -0.25) is 0 Å². The van der Waals surface area contributed by atoms with Crippen molar-refractivity contribution in [1.29, 1.82) is 0 Å². The maximum absolute atomic E-state index is 6.51. The Labute approximate surface area is 338 Å². The SMILES string of the molecule is c1cc(-c2ccc(N(c3cccc(-c4cccc5c4oc4ccccc45)c3)c3cccc4c3sc3ccccc34)cc2)cc(-c2cccc3c2oc2ccccc23)c1. The summed E-state index contributed by atoms with van der Waals surface area (Å²) in [5.74, 6) is 0. The Morgan fingerprint density at radius 3 is 1.59 bits per heavy atom. The molecule has 0 aliphatic rings. The van der Waals surface area contributed by atoms with E-state index in [-0.39, 0.29) is 0 Å². The number of thiophene rings is 1. The number of para-hydroxylation sites is 4. The normalized spacial score (nSPS) is 11.8. The number of hydrogen-bond donors (Lipinski definition) is 0. The maximum Gasteiger partial charge on any atom is 0.143 e. The maximum atomic E-state index is 6.51. The lowest BCUT2D eigenvalue weighted by Gasteiger charge is -2.27. The van der Waals surface area contributed by atoms with Crippen LogP contribution in [0.25, 0.3) is 97.4 Å². The van der Waals surface area contributed by atoms with Gasteiger partial charge in [0.2, 0.25) is 0 Å². The predicted octanol–water partition coefficient (Wildman–Crippen LogP) is 16.3. The molecule has 0 aliphatic carbocycles. The molecule has 0 fully saturated rings. The Hall–Kier alpha value is -7.40. The van der Waals surface area contributed by atoms with E-state index in [1.165, 1.54) is 20.2 Å². The summed E-state index contributed by atoms with van der Waals surface area (Å²) in [6.45, 7) is 0. The molecule has 58 heavy (non-hydrogen) atoms. The van der Waals surface area contributed by atoms with E-state index in [4.69, 9.17) is 8.83 Å². The Morgan fingerprint density at radius 1 is 0.345 bits per heavy atom. The first-order valence-corrected chi connectivity index (χ1v) is 20.4. The lowest BCUT2D eigenvalue weighted by molar-refractivity contribution is 0.669. The summed E-state index contributed by atoms with van der Waals surface area (Å²) >= 11 is 1.85. The van der Waals surface area contributed by atoms with Crippen LogP contribution in [0.1, 0.15) is 0 Å². The van der Waals surface area contributed by atoms with Gasteiger partial charge in [0.05, 0.1) is 10.4 Å². The summed E-state index contributed by atoms with van der Waals surface area (Å²) in [6, 6.07) is 71.4. The zero-order valence-corrected chi connectivity index (χ0v) is 32.0. The third kappa shape index (κ3) is 5.19. The third-order valence-electron chi connectivity index (χ3n) is 11.5. The van der Waals surface area contributed by atoms with E-state index in [0.29, 0.717) is 0 Å². The van der Waals surface area contributed by atoms with Gasteiger partial charge in [-0.1, -0.05) is 146 Å². The summed E-state index contributed by atoms with van der Waals surface area (Å²) in [6.07, 6.45) is 0. The quantitative estimate of drug-likeness (QED) is 0.169. The highest BCUT2D eigenvalue weighted by atomic mass is 32.1. The topological polar surface area (TPSA) is 29.5 Å². The Bertz CT molecular complexity index is 3530. The number of fused-ring (bicyclic) bond motifs is 9. The van der Waals surface area contributed by atoms with Crippen LogP contribution in [-0.2, 0) is 0 Å². The molecule has 0 amide bonds. The Morgan fingerprint density at radius 2 is 0.879 bits per heavy atom. The molecule has 3 heterocycles. The van der Waals surface area contributed by atoms with Crippen LogP contribution in [0.3, 0.4) is 0 Å². The van der Waals surface area contributed by atoms with Crippen molar-refractivity contribution in [3.05, 3.63) is 200 Å². The van der Waals surface area contributed by atoms with E-state index >= 15 is 0 Å². The number of hydrogen-bond acceptors (Lipinski definition) is 4. The van der Waals surface area contributed by atoms with Crippen LogP contribution in [-0.4, -0.2) is 0 Å². The van der Waals surface area contributed by atoms with Gasteiger partial charge < -0.3 is 13.7 Å². The van der Waals surface area contributed by atoms with E-state index in [0.717, 1.165) is 94.3 Å². The van der Waals surface area contributed by atoms with Crippen LogP contribution in [0, 0.1) is 0 Å². The lowest BCUT2D eigenvalue weighted by atomic mass is 9.97. The van der Waals surface area contributed by atoms with Gasteiger partial charge in [-0.15, -0.1) is 11.3 Å². The van der Waals surface area contributed by atoms with Gasteiger partial charge in [-0.05, 0) is 76.9 Å².